The molecule has 3 aliphatic rings. The molecule has 0 aromatic heterocycles. The highest BCUT2D eigenvalue weighted by molar-refractivity contribution is 5.96. The van der Waals surface area contributed by atoms with Crippen LogP contribution in [0.4, 0.5) is 4.79 Å². The Labute approximate surface area is 167 Å². The summed E-state index contributed by atoms with van der Waals surface area (Å²) in [6.45, 7) is 15.2. The molecule has 5 atom stereocenters. The van der Waals surface area contributed by atoms with E-state index in [2.05, 4.69) is 41.5 Å². The van der Waals surface area contributed by atoms with Gasteiger partial charge in [-0.2, -0.15) is 0 Å². The highest BCUT2D eigenvalue weighted by atomic mass is 16.6. The first kappa shape index (κ1) is 19.2. The number of carbonyl (C=O) groups excluding carboxylic acids is 2. The Hall–Kier alpha value is -2.10. The second-order valence-electron chi connectivity index (χ2n) is 9.83. The number of carbonyl (C=O) groups is 2. The van der Waals surface area contributed by atoms with Crippen LogP contribution >= 0.6 is 0 Å². The lowest BCUT2D eigenvalue weighted by Gasteiger charge is -2.43. The second kappa shape index (κ2) is 5.71. The molecule has 4 rings (SSSR count). The van der Waals surface area contributed by atoms with Gasteiger partial charge in [0.1, 0.15) is 6.10 Å². The summed E-state index contributed by atoms with van der Waals surface area (Å²) in [5.41, 5.74) is 3.06. The minimum atomic E-state index is -0.477. The molecule has 0 spiro atoms. The highest BCUT2D eigenvalue weighted by Gasteiger charge is 2.79. The summed E-state index contributed by atoms with van der Waals surface area (Å²) in [5.74, 6) is -0.405. The van der Waals surface area contributed by atoms with Crippen LogP contribution in [0.5, 0.6) is 0 Å². The van der Waals surface area contributed by atoms with Gasteiger partial charge >= 0.3 is 6.09 Å². The van der Waals surface area contributed by atoms with E-state index in [1.807, 2.05) is 37.3 Å². The molecule has 28 heavy (non-hydrogen) atoms. The van der Waals surface area contributed by atoms with Gasteiger partial charge in [-0.15, -0.1) is 0 Å². The molecule has 1 aliphatic heterocycles. The van der Waals surface area contributed by atoms with Gasteiger partial charge in [-0.25, -0.2) is 9.69 Å². The van der Waals surface area contributed by atoms with Gasteiger partial charge in [-0.3, -0.25) is 4.79 Å². The zero-order valence-electron chi connectivity index (χ0n) is 18.0. The lowest BCUT2D eigenvalue weighted by atomic mass is 9.62. The van der Waals surface area contributed by atoms with E-state index >= 15 is 0 Å². The molecule has 0 radical (unpaired) electrons. The Morgan fingerprint density at radius 2 is 1.64 bits per heavy atom. The third-order valence-corrected chi connectivity index (χ3v) is 8.91. The van der Waals surface area contributed by atoms with Gasteiger partial charge in [0.2, 0.25) is 5.91 Å². The van der Waals surface area contributed by atoms with Crippen molar-refractivity contribution in [3.8, 4) is 0 Å². The molecule has 1 saturated carbocycles. The van der Waals surface area contributed by atoms with Crippen molar-refractivity contribution in [2.75, 3.05) is 0 Å². The molecule has 2 fully saturated rings. The van der Waals surface area contributed by atoms with Crippen LogP contribution in [-0.2, 0) is 16.0 Å². The molecule has 2 amide bonds. The van der Waals surface area contributed by atoms with Crippen LogP contribution in [-0.4, -0.2) is 29.0 Å². The number of hydrogen-bond acceptors (Lipinski definition) is 3. The van der Waals surface area contributed by atoms with Crippen LogP contribution in [0.3, 0.4) is 0 Å². The van der Waals surface area contributed by atoms with Crippen molar-refractivity contribution in [2.45, 2.75) is 67.0 Å². The number of benzene rings is 1. The lowest BCUT2D eigenvalue weighted by molar-refractivity contribution is -0.134. The molecule has 1 saturated heterocycles. The topological polar surface area (TPSA) is 46.6 Å². The van der Waals surface area contributed by atoms with Crippen LogP contribution in [0.2, 0.25) is 0 Å². The maximum Gasteiger partial charge on any atom is 0.417 e. The molecule has 2 aliphatic carbocycles. The monoisotopic (exact) mass is 381 g/mol. The molecular weight excluding hydrogens is 350 g/mol. The van der Waals surface area contributed by atoms with Gasteiger partial charge in [-0.05, 0) is 31.2 Å². The Kier molecular flexibility index (Phi) is 3.92. The summed E-state index contributed by atoms with van der Waals surface area (Å²) in [5, 5.41) is 0. The van der Waals surface area contributed by atoms with Crippen molar-refractivity contribution in [1.82, 2.24) is 4.90 Å². The van der Waals surface area contributed by atoms with E-state index in [-0.39, 0.29) is 40.2 Å². The van der Waals surface area contributed by atoms with E-state index < -0.39 is 6.09 Å². The number of fused-ring (bicyclic) bond motifs is 5. The molecule has 4 heteroatoms. The summed E-state index contributed by atoms with van der Waals surface area (Å²) in [7, 11) is 0. The van der Waals surface area contributed by atoms with Crippen LogP contribution in [0, 0.1) is 22.2 Å². The van der Waals surface area contributed by atoms with E-state index in [0.29, 0.717) is 6.42 Å². The average molecular weight is 382 g/mol. The van der Waals surface area contributed by atoms with E-state index in [4.69, 9.17) is 4.74 Å². The number of nitrogens with zero attached hydrogens (tertiary/aromatic N) is 1. The fourth-order valence-electron chi connectivity index (χ4n) is 6.41. The standard InChI is InChI=1S/C24H31NO3/c1-14(13-17-11-9-8-10-12-17)20(26)25-18-19(28-21(25)27)24(7)16(3)15(2)23(18,6)22(24,4)5/h8-12,14,18-19H,13H2,1-7H3/t14-,18-,19+,23-,24+/m1/s1. The Balaban J connectivity index is 1.71. The average Bonchev–Trinajstić information content (AvgIpc) is 3.10. The second-order valence-corrected chi connectivity index (χ2v) is 9.83. The van der Waals surface area contributed by atoms with Crippen molar-refractivity contribution in [1.29, 1.82) is 0 Å². The molecule has 0 unspecified atom stereocenters. The molecule has 1 aromatic rings. The zero-order chi connectivity index (χ0) is 20.6. The number of ether oxygens (including phenoxy) is 1. The summed E-state index contributed by atoms with van der Waals surface area (Å²) in [6.07, 6.45) is -0.140. The number of imide groups is 1. The highest BCUT2D eigenvalue weighted by Crippen LogP contribution is 2.76. The molecule has 0 N–H and O–H groups in total. The molecule has 1 heterocycles. The van der Waals surface area contributed by atoms with Gasteiger partial charge in [0.15, 0.2) is 0 Å². The number of amides is 2. The predicted octanol–water partition coefficient (Wildman–Crippen LogP) is 4.98. The molecule has 2 bridgehead atoms. The Morgan fingerprint density at radius 3 is 2.25 bits per heavy atom. The van der Waals surface area contributed by atoms with E-state index in [1.165, 1.54) is 16.0 Å². The molecule has 1 aromatic carbocycles. The maximum atomic E-state index is 13.4. The van der Waals surface area contributed by atoms with Gasteiger partial charge in [0.25, 0.3) is 0 Å². The Bertz CT molecular complexity index is 886. The largest absolute Gasteiger partial charge is 0.443 e. The molecule has 4 nitrogen and oxygen atoms in total. The van der Waals surface area contributed by atoms with Gasteiger partial charge < -0.3 is 4.74 Å². The SMILES string of the molecule is CC1=C(C)[C@]2(C)[C@H]3[C@H](OC(=O)N3C(=O)[C@H](C)Cc3ccccc3)[C@@]1(C)C2(C)C. The third kappa shape index (κ3) is 1.96. The van der Waals surface area contributed by atoms with Crippen molar-refractivity contribution < 1.29 is 14.3 Å². The van der Waals surface area contributed by atoms with Crippen LogP contribution in [0.1, 0.15) is 54.0 Å². The van der Waals surface area contributed by atoms with Crippen LogP contribution < -0.4 is 0 Å². The normalized spacial score (nSPS) is 36.5. The molecule has 150 valence electrons. The van der Waals surface area contributed by atoms with Gasteiger partial charge in [-0.1, -0.05) is 76.1 Å². The minimum Gasteiger partial charge on any atom is -0.443 e. The zero-order valence-corrected chi connectivity index (χ0v) is 18.0. The number of rotatable bonds is 3. The first-order chi connectivity index (χ1) is 13.0. The summed E-state index contributed by atoms with van der Waals surface area (Å²) >= 11 is 0. The van der Waals surface area contributed by atoms with Crippen LogP contribution in [0.25, 0.3) is 0 Å². The first-order valence-electron chi connectivity index (χ1n) is 10.3. The fourth-order valence-corrected chi connectivity index (χ4v) is 6.41. The quantitative estimate of drug-likeness (QED) is 0.694. The maximum absolute atomic E-state index is 13.4. The van der Waals surface area contributed by atoms with Crippen molar-refractivity contribution in [3.05, 3.63) is 47.0 Å². The fraction of sp³-hybridized carbons (Fsp3) is 0.583. The summed E-state index contributed by atoms with van der Waals surface area (Å²) < 4.78 is 5.91. The van der Waals surface area contributed by atoms with E-state index in [9.17, 15) is 9.59 Å². The van der Waals surface area contributed by atoms with Crippen molar-refractivity contribution in [3.63, 3.8) is 0 Å². The van der Waals surface area contributed by atoms with E-state index in [1.54, 1.807) is 0 Å². The summed E-state index contributed by atoms with van der Waals surface area (Å²) in [4.78, 5) is 27.8. The van der Waals surface area contributed by atoms with Crippen molar-refractivity contribution in [2.24, 2.45) is 22.2 Å². The third-order valence-electron chi connectivity index (χ3n) is 8.91. The minimum absolute atomic E-state index is 0.106. The van der Waals surface area contributed by atoms with Gasteiger partial charge in [0, 0.05) is 16.7 Å². The number of hydrogen-bond donors (Lipinski definition) is 0. The van der Waals surface area contributed by atoms with Crippen molar-refractivity contribution >= 4 is 12.0 Å². The van der Waals surface area contributed by atoms with Gasteiger partial charge in [0.05, 0.1) is 6.04 Å². The smallest absolute Gasteiger partial charge is 0.417 e. The Morgan fingerprint density at radius 1 is 1.07 bits per heavy atom. The molecular formula is C24H31NO3. The van der Waals surface area contributed by atoms with Crippen LogP contribution in [0.15, 0.2) is 41.5 Å². The van der Waals surface area contributed by atoms with E-state index in [0.717, 1.165) is 5.56 Å². The summed E-state index contributed by atoms with van der Waals surface area (Å²) in [6, 6.07) is 9.72. The first-order valence-corrected chi connectivity index (χ1v) is 10.3. The predicted molar refractivity (Wildman–Crippen MR) is 109 cm³/mol. The lowest BCUT2D eigenvalue weighted by Crippen LogP contribution is -2.52.